The zero-order chi connectivity index (χ0) is 22.3. The number of Topliss-reactive ketones (excluding diaryl/α,β-unsaturated/α-hetero) is 1. The number of carbonyl (C=O) groups excluding carboxylic acids is 1. The third kappa shape index (κ3) is 4.13. The van der Waals surface area contributed by atoms with E-state index in [1.54, 1.807) is 30.5 Å². The summed E-state index contributed by atoms with van der Waals surface area (Å²) in [6, 6.07) is 5.74. The molecule has 0 aliphatic heterocycles. The number of aromatic nitrogens is 2. The lowest BCUT2D eigenvalue weighted by Gasteiger charge is -2.29. The summed E-state index contributed by atoms with van der Waals surface area (Å²) in [6.07, 6.45) is 5.45. The Morgan fingerprint density at radius 3 is 2.61 bits per heavy atom. The third-order valence-corrected chi connectivity index (χ3v) is 6.79. The van der Waals surface area contributed by atoms with Crippen LogP contribution in [0, 0.1) is 18.3 Å². The van der Waals surface area contributed by atoms with E-state index in [0.29, 0.717) is 5.69 Å². The van der Waals surface area contributed by atoms with Crippen molar-refractivity contribution in [2.45, 2.75) is 72.0 Å². The maximum absolute atomic E-state index is 12.8. The molecule has 3 aromatic rings. The molecule has 1 atom stereocenters. The molecule has 0 saturated carbocycles. The Balaban J connectivity index is 2.08. The SMILES string of the molecule is CC(=O)C(OC(C)(C)C)c1c(C)nc2sc3c(c2c1-c1ccc(C#N)nc1)CCCC3. The quantitative estimate of drug-likeness (QED) is 0.515. The third-order valence-electron chi connectivity index (χ3n) is 5.60. The van der Waals surface area contributed by atoms with Gasteiger partial charge < -0.3 is 4.74 Å². The van der Waals surface area contributed by atoms with Gasteiger partial charge in [0.05, 0.1) is 5.60 Å². The summed E-state index contributed by atoms with van der Waals surface area (Å²) >= 11 is 1.76. The minimum Gasteiger partial charge on any atom is -0.360 e. The second-order valence-electron chi connectivity index (χ2n) is 9.14. The molecular weight excluding hydrogens is 406 g/mol. The minimum atomic E-state index is -0.721. The smallest absolute Gasteiger partial charge is 0.163 e. The largest absolute Gasteiger partial charge is 0.360 e. The van der Waals surface area contributed by atoms with Crippen LogP contribution < -0.4 is 0 Å². The highest BCUT2D eigenvalue weighted by Gasteiger charge is 2.32. The summed E-state index contributed by atoms with van der Waals surface area (Å²) in [6.45, 7) is 9.40. The Hall–Kier alpha value is -2.62. The predicted molar refractivity (Wildman–Crippen MR) is 123 cm³/mol. The monoisotopic (exact) mass is 433 g/mol. The number of fused-ring (bicyclic) bond motifs is 3. The average molecular weight is 434 g/mol. The van der Waals surface area contributed by atoms with E-state index in [1.807, 2.05) is 33.8 Å². The van der Waals surface area contributed by atoms with Crippen molar-refractivity contribution in [3.8, 4) is 17.2 Å². The highest BCUT2D eigenvalue weighted by molar-refractivity contribution is 7.19. The highest BCUT2D eigenvalue weighted by Crippen LogP contribution is 2.45. The lowest BCUT2D eigenvalue weighted by molar-refractivity contribution is -0.138. The molecule has 6 heteroatoms. The maximum Gasteiger partial charge on any atom is 0.163 e. The lowest BCUT2D eigenvalue weighted by Crippen LogP contribution is -2.27. The fourth-order valence-electron chi connectivity index (χ4n) is 4.34. The standard InChI is InChI=1S/C25H27N3O2S/c1-14-20(23(15(2)29)30-25(3,4)5)21(16-10-11-17(12-26)27-13-16)22-18-8-6-7-9-19(18)31-24(22)28-14/h10-11,13,23H,6-9H2,1-5H3. The van der Waals surface area contributed by atoms with E-state index >= 15 is 0 Å². The Morgan fingerprint density at radius 2 is 2.00 bits per heavy atom. The second kappa shape index (κ2) is 8.14. The predicted octanol–water partition coefficient (Wildman–Crippen LogP) is 5.86. The van der Waals surface area contributed by atoms with Gasteiger partial charge in [0.1, 0.15) is 22.7 Å². The van der Waals surface area contributed by atoms with E-state index in [9.17, 15) is 10.1 Å². The van der Waals surface area contributed by atoms with Gasteiger partial charge in [-0.3, -0.25) is 4.79 Å². The summed E-state index contributed by atoms with van der Waals surface area (Å²) in [5.41, 5.74) is 4.70. The molecule has 0 saturated heterocycles. The van der Waals surface area contributed by atoms with Crippen LogP contribution in [-0.2, 0) is 22.4 Å². The van der Waals surface area contributed by atoms with Gasteiger partial charge in [-0.2, -0.15) is 5.26 Å². The van der Waals surface area contributed by atoms with Crippen LogP contribution in [0.5, 0.6) is 0 Å². The van der Waals surface area contributed by atoms with Crippen molar-refractivity contribution in [1.82, 2.24) is 9.97 Å². The molecule has 0 spiro atoms. The summed E-state index contributed by atoms with van der Waals surface area (Å²) in [4.78, 5) is 24.5. The molecule has 5 nitrogen and oxygen atoms in total. The first-order valence-corrected chi connectivity index (χ1v) is 11.5. The van der Waals surface area contributed by atoms with Crippen LogP contribution in [0.1, 0.15) is 74.0 Å². The van der Waals surface area contributed by atoms with E-state index < -0.39 is 11.7 Å². The Kier molecular flexibility index (Phi) is 5.67. The van der Waals surface area contributed by atoms with Gasteiger partial charge in [-0.25, -0.2) is 9.97 Å². The molecular formula is C25H27N3O2S. The molecule has 0 amide bonds. The van der Waals surface area contributed by atoms with Crippen LogP contribution >= 0.6 is 11.3 Å². The highest BCUT2D eigenvalue weighted by atomic mass is 32.1. The van der Waals surface area contributed by atoms with Crippen LogP contribution in [-0.4, -0.2) is 21.4 Å². The fourth-order valence-corrected chi connectivity index (χ4v) is 5.66. The topological polar surface area (TPSA) is 75.9 Å². The molecule has 0 bridgehead atoms. The first-order valence-electron chi connectivity index (χ1n) is 10.7. The normalized spacial score (nSPS) is 14.8. The zero-order valence-electron chi connectivity index (χ0n) is 18.7. The Bertz CT molecular complexity index is 1200. The number of nitrogens with zero attached hydrogens (tertiary/aromatic N) is 3. The van der Waals surface area contributed by atoms with Crippen LogP contribution in [0.2, 0.25) is 0 Å². The van der Waals surface area contributed by atoms with Crippen molar-refractivity contribution < 1.29 is 9.53 Å². The summed E-state index contributed by atoms with van der Waals surface area (Å²) in [5.74, 6) is -0.0499. The Labute approximate surface area is 187 Å². The summed E-state index contributed by atoms with van der Waals surface area (Å²) in [5, 5.41) is 10.3. The zero-order valence-corrected chi connectivity index (χ0v) is 19.5. The second-order valence-corrected chi connectivity index (χ2v) is 10.2. The van der Waals surface area contributed by atoms with Gasteiger partial charge in [0.15, 0.2) is 5.78 Å². The van der Waals surface area contributed by atoms with Gasteiger partial charge in [0.2, 0.25) is 0 Å². The van der Waals surface area contributed by atoms with Crippen molar-refractivity contribution in [2.24, 2.45) is 0 Å². The average Bonchev–Trinajstić information content (AvgIpc) is 3.08. The number of ether oxygens (including phenoxy) is 1. The molecule has 0 aromatic carbocycles. The van der Waals surface area contributed by atoms with Crippen molar-refractivity contribution in [3.05, 3.63) is 45.7 Å². The summed E-state index contributed by atoms with van der Waals surface area (Å²) in [7, 11) is 0. The number of carbonyl (C=O) groups is 1. The van der Waals surface area contributed by atoms with Crippen LogP contribution in [0.4, 0.5) is 0 Å². The number of rotatable bonds is 4. The van der Waals surface area contributed by atoms with Gasteiger partial charge in [-0.15, -0.1) is 11.3 Å². The van der Waals surface area contributed by atoms with Crippen LogP contribution in [0.15, 0.2) is 18.3 Å². The molecule has 4 rings (SSSR count). The first-order chi connectivity index (χ1) is 14.7. The van der Waals surface area contributed by atoms with E-state index in [1.165, 1.54) is 16.9 Å². The molecule has 1 aliphatic carbocycles. The number of hydrogen-bond donors (Lipinski definition) is 0. The molecule has 0 N–H and O–H groups in total. The number of aryl methyl sites for hydroxylation is 3. The van der Waals surface area contributed by atoms with E-state index in [4.69, 9.17) is 9.72 Å². The Morgan fingerprint density at radius 1 is 1.26 bits per heavy atom. The number of ketones is 1. The van der Waals surface area contributed by atoms with Crippen molar-refractivity contribution in [2.75, 3.05) is 0 Å². The van der Waals surface area contributed by atoms with Crippen LogP contribution in [0.3, 0.4) is 0 Å². The van der Waals surface area contributed by atoms with Crippen molar-refractivity contribution >= 4 is 27.3 Å². The van der Waals surface area contributed by atoms with Gasteiger partial charge in [-0.05, 0) is 78.0 Å². The number of hydrogen-bond acceptors (Lipinski definition) is 6. The maximum atomic E-state index is 12.8. The molecule has 160 valence electrons. The van der Waals surface area contributed by atoms with Gasteiger partial charge >= 0.3 is 0 Å². The molecule has 0 radical (unpaired) electrons. The molecule has 3 heterocycles. The van der Waals surface area contributed by atoms with Crippen molar-refractivity contribution in [3.63, 3.8) is 0 Å². The van der Waals surface area contributed by atoms with E-state index in [2.05, 4.69) is 11.1 Å². The van der Waals surface area contributed by atoms with Crippen LogP contribution in [0.25, 0.3) is 21.3 Å². The minimum absolute atomic E-state index is 0.0499. The molecule has 3 aromatic heterocycles. The van der Waals surface area contributed by atoms with E-state index in [0.717, 1.165) is 51.9 Å². The summed E-state index contributed by atoms with van der Waals surface area (Å²) < 4.78 is 6.28. The van der Waals surface area contributed by atoms with Gasteiger partial charge in [-0.1, -0.05) is 0 Å². The van der Waals surface area contributed by atoms with Gasteiger partial charge in [0, 0.05) is 38.8 Å². The number of pyridine rings is 2. The molecule has 1 unspecified atom stereocenters. The lowest BCUT2D eigenvalue weighted by atomic mass is 9.87. The molecule has 31 heavy (non-hydrogen) atoms. The van der Waals surface area contributed by atoms with E-state index in [-0.39, 0.29) is 5.78 Å². The number of nitriles is 1. The first kappa shape index (κ1) is 21.6. The van der Waals surface area contributed by atoms with Gasteiger partial charge in [0.25, 0.3) is 0 Å². The molecule has 1 aliphatic rings. The van der Waals surface area contributed by atoms with Crippen molar-refractivity contribution in [1.29, 1.82) is 5.26 Å². The number of thiophene rings is 1. The fraction of sp³-hybridized carbons (Fsp3) is 0.440. The molecule has 0 fully saturated rings.